The van der Waals surface area contributed by atoms with Crippen molar-refractivity contribution < 1.29 is 19.1 Å². The molecule has 0 N–H and O–H groups in total. The molecule has 4 heteroatoms. The first-order chi connectivity index (χ1) is 10.1. The van der Waals surface area contributed by atoms with E-state index in [-0.39, 0.29) is 6.10 Å². The highest BCUT2D eigenvalue weighted by molar-refractivity contribution is 5.91. The Labute approximate surface area is 128 Å². The first-order valence-corrected chi connectivity index (χ1v) is 8.11. The van der Waals surface area contributed by atoms with Crippen molar-refractivity contribution in [3.63, 3.8) is 0 Å². The molecule has 0 saturated heterocycles. The molecule has 0 rings (SSSR count). The lowest BCUT2D eigenvalue weighted by Crippen LogP contribution is -2.09. The molecule has 0 heterocycles. The van der Waals surface area contributed by atoms with E-state index in [9.17, 15) is 9.59 Å². The highest BCUT2D eigenvalue weighted by Gasteiger charge is 2.02. The average Bonchev–Trinajstić information content (AvgIpc) is 2.42. The summed E-state index contributed by atoms with van der Waals surface area (Å²) >= 11 is 0. The van der Waals surface area contributed by atoms with E-state index in [0.29, 0.717) is 6.61 Å². The number of hydrogen-bond acceptors (Lipinski definition) is 4. The first kappa shape index (κ1) is 19.7. The highest BCUT2D eigenvalue weighted by atomic mass is 16.5. The summed E-state index contributed by atoms with van der Waals surface area (Å²) in [5.41, 5.74) is 0. The Hall–Kier alpha value is -1.32. The van der Waals surface area contributed by atoms with E-state index in [1.165, 1.54) is 38.5 Å². The maximum atomic E-state index is 11.3. The van der Waals surface area contributed by atoms with Gasteiger partial charge in [-0.3, -0.25) is 0 Å². The summed E-state index contributed by atoms with van der Waals surface area (Å²) < 4.78 is 9.87. The number of hydrogen-bond donors (Lipinski definition) is 0. The summed E-state index contributed by atoms with van der Waals surface area (Å²) in [6.45, 7) is 6.14. The van der Waals surface area contributed by atoms with Gasteiger partial charge in [0.1, 0.15) is 0 Å². The van der Waals surface area contributed by atoms with E-state index in [1.807, 2.05) is 0 Å². The molecule has 0 bridgehead atoms. The van der Waals surface area contributed by atoms with Gasteiger partial charge in [0.15, 0.2) is 0 Å². The van der Waals surface area contributed by atoms with E-state index >= 15 is 0 Å². The summed E-state index contributed by atoms with van der Waals surface area (Å²) in [6.07, 6.45) is 11.7. The van der Waals surface area contributed by atoms with E-state index in [1.54, 1.807) is 13.8 Å². The van der Waals surface area contributed by atoms with Crippen molar-refractivity contribution in [2.75, 3.05) is 6.61 Å². The second-order valence-corrected chi connectivity index (χ2v) is 5.46. The Bertz CT molecular complexity index is 308. The van der Waals surface area contributed by atoms with Crippen LogP contribution in [0, 0.1) is 0 Å². The molecule has 0 atom stereocenters. The largest absolute Gasteiger partial charge is 0.463 e. The fourth-order valence-electron chi connectivity index (χ4n) is 1.86. The Morgan fingerprint density at radius 3 is 1.95 bits per heavy atom. The molecule has 0 aliphatic carbocycles. The van der Waals surface area contributed by atoms with Crippen molar-refractivity contribution in [3.05, 3.63) is 12.2 Å². The van der Waals surface area contributed by atoms with Crippen LogP contribution in [-0.4, -0.2) is 24.6 Å². The first-order valence-electron chi connectivity index (χ1n) is 8.11. The molecular formula is C17H30O4. The van der Waals surface area contributed by atoms with E-state index < -0.39 is 11.9 Å². The zero-order chi connectivity index (χ0) is 15.9. The Kier molecular flexibility index (Phi) is 12.8. The number of carbonyl (C=O) groups excluding carboxylic acids is 2. The molecule has 0 radical (unpaired) electrons. The molecule has 0 amide bonds. The molecule has 4 nitrogen and oxygen atoms in total. The van der Waals surface area contributed by atoms with Gasteiger partial charge < -0.3 is 9.47 Å². The van der Waals surface area contributed by atoms with Crippen molar-refractivity contribution >= 4 is 11.9 Å². The number of rotatable bonds is 12. The molecule has 0 fully saturated rings. The lowest BCUT2D eigenvalue weighted by molar-refractivity contribution is -0.142. The van der Waals surface area contributed by atoms with Crippen molar-refractivity contribution in [2.24, 2.45) is 0 Å². The quantitative estimate of drug-likeness (QED) is 0.308. The number of ether oxygens (including phenoxy) is 2. The van der Waals surface area contributed by atoms with Gasteiger partial charge in [0, 0.05) is 12.2 Å². The summed E-state index contributed by atoms with van der Waals surface area (Å²) in [5.74, 6) is -1.01. The minimum atomic E-state index is -0.519. The van der Waals surface area contributed by atoms with Crippen molar-refractivity contribution in [1.29, 1.82) is 0 Å². The summed E-state index contributed by atoms with van der Waals surface area (Å²) in [7, 11) is 0. The minimum Gasteiger partial charge on any atom is -0.463 e. The van der Waals surface area contributed by atoms with Gasteiger partial charge in [0.05, 0.1) is 12.7 Å². The standard InChI is InChI=1S/C17H30O4/c1-4-5-6-7-8-9-10-11-14-20-16(18)12-13-17(19)21-15(2)3/h12-13,15H,4-11,14H2,1-3H3. The molecule has 0 spiro atoms. The van der Waals surface area contributed by atoms with Crippen LogP contribution >= 0.6 is 0 Å². The molecule has 0 aliphatic rings. The predicted molar refractivity (Wildman–Crippen MR) is 83.9 cm³/mol. The highest BCUT2D eigenvalue weighted by Crippen LogP contribution is 2.08. The van der Waals surface area contributed by atoms with Crippen molar-refractivity contribution in [3.8, 4) is 0 Å². The molecule has 0 aromatic carbocycles. The summed E-state index contributed by atoms with van der Waals surface area (Å²) in [4.78, 5) is 22.5. The molecule has 21 heavy (non-hydrogen) atoms. The fraction of sp³-hybridized carbons (Fsp3) is 0.765. The third-order valence-electron chi connectivity index (χ3n) is 2.95. The van der Waals surface area contributed by atoms with E-state index in [4.69, 9.17) is 9.47 Å². The summed E-state index contributed by atoms with van der Waals surface area (Å²) in [6, 6.07) is 0. The van der Waals surface area contributed by atoms with Gasteiger partial charge in [-0.2, -0.15) is 0 Å². The monoisotopic (exact) mass is 298 g/mol. The maximum absolute atomic E-state index is 11.3. The van der Waals surface area contributed by atoms with Crippen LogP contribution in [0.4, 0.5) is 0 Å². The average molecular weight is 298 g/mol. The number of unbranched alkanes of at least 4 members (excludes halogenated alkanes) is 7. The molecule has 0 aromatic rings. The van der Waals surface area contributed by atoms with Gasteiger partial charge >= 0.3 is 11.9 Å². The van der Waals surface area contributed by atoms with Crippen LogP contribution in [0.1, 0.15) is 72.1 Å². The molecule has 0 aromatic heterocycles. The Morgan fingerprint density at radius 2 is 1.38 bits per heavy atom. The van der Waals surface area contributed by atoms with Gasteiger partial charge in [-0.1, -0.05) is 51.9 Å². The second-order valence-electron chi connectivity index (χ2n) is 5.46. The Balaban J connectivity index is 3.45. The summed E-state index contributed by atoms with van der Waals surface area (Å²) in [5, 5.41) is 0. The fourth-order valence-corrected chi connectivity index (χ4v) is 1.86. The zero-order valence-corrected chi connectivity index (χ0v) is 13.7. The SMILES string of the molecule is CCCCCCCCCCOC(=O)C=CC(=O)OC(C)C. The molecule has 0 aliphatic heterocycles. The van der Waals surface area contributed by atoms with Crippen molar-refractivity contribution in [2.45, 2.75) is 78.2 Å². The predicted octanol–water partition coefficient (Wildman–Crippen LogP) is 4.18. The lowest BCUT2D eigenvalue weighted by atomic mass is 10.1. The molecule has 0 unspecified atom stereocenters. The Morgan fingerprint density at radius 1 is 0.857 bits per heavy atom. The third kappa shape index (κ3) is 14.9. The van der Waals surface area contributed by atoms with Crippen LogP contribution in [0.15, 0.2) is 12.2 Å². The zero-order valence-electron chi connectivity index (χ0n) is 13.7. The smallest absolute Gasteiger partial charge is 0.331 e. The van der Waals surface area contributed by atoms with Gasteiger partial charge in [0.25, 0.3) is 0 Å². The van der Waals surface area contributed by atoms with Gasteiger partial charge in [-0.25, -0.2) is 9.59 Å². The topological polar surface area (TPSA) is 52.6 Å². The molecule has 0 saturated carbocycles. The normalized spacial score (nSPS) is 11.0. The molecular weight excluding hydrogens is 268 g/mol. The van der Waals surface area contributed by atoms with Crippen LogP contribution in [0.3, 0.4) is 0 Å². The second kappa shape index (κ2) is 13.7. The van der Waals surface area contributed by atoms with Crippen LogP contribution in [-0.2, 0) is 19.1 Å². The number of carbonyl (C=O) groups is 2. The van der Waals surface area contributed by atoms with E-state index in [0.717, 1.165) is 25.0 Å². The third-order valence-corrected chi connectivity index (χ3v) is 2.95. The van der Waals surface area contributed by atoms with Crippen LogP contribution in [0.2, 0.25) is 0 Å². The molecule has 122 valence electrons. The van der Waals surface area contributed by atoms with Crippen LogP contribution in [0.5, 0.6) is 0 Å². The minimum absolute atomic E-state index is 0.185. The van der Waals surface area contributed by atoms with Crippen LogP contribution in [0.25, 0.3) is 0 Å². The van der Waals surface area contributed by atoms with Gasteiger partial charge in [0.2, 0.25) is 0 Å². The van der Waals surface area contributed by atoms with E-state index in [2.05, 4.69) is 6.92 Å². The van der Waals surface area contributed by atoms with Crippen LogP contribution < -0.4 is 0 Å². The van der Waals surface area contributed by atoms with Gasteiger partial charge in [-0.05, 0) is 20.3 Å². The van der Waals surface area contributed by atoms with Gasteiger partial charge in [-0.15, -0.1) is 0 Å². The van der Waals surface area contributed by atoms with Crippen molar-refractivity contribution in [1.82, 2.24) is 0 Å². The number of esters is 2. The maximum Gasteiger partial charge on any atom is 0.331 e. The lowest BCUT2D eigenvalue weighted by Gasteiger charge is -2.04.